The number of rotatable bonds is 19. The fourth-order valence-electron chi connectivity index (χ4n) is 5.05. The van der Waals surface area contributed by atoms with E-state index >= 15 is 0 Å². The zero-order chi connectivity index (χ0) is 36.3. The van der Waals surface area contributed by atoms with Crippen LogP contribution >= 0.6 is 70.6 Å². The summed E-state index contributed by atoms with van der Waals surface area (Å²) in [6.45, 7) is 2.29. The standard InChI is InChI=1S/C40H46O6S6/c1-40(52-29-37-27-48-20-22-51-37,46-39(42)18-16-32-11-6-3-7-12-32)30-44-34-14-8-13-33(23-34)43-24-35(25-49-28-36-26-47-19-21-50-36)45-38(41)17-15-31-9-4-2-5-10-31/h2-18,23,35-37H,19-22,24-30H2,1H3. The first-order valence-electron chi connectivity index (χ1n) is 17.3. The summed E-state index contributed by atoms with van der Waals surface area (Å²) >= 11 is 11.4. The maximum Gasteiger partial charge on any atom is 0.332 e. The zero-order valence-corrected chi connectivity index (χ0v) is 34.2. The van der Waals surface area contributed by atoms with E-state index in [4.69, 9.17) is 18.9 Å². The highest BCUT2D eigenvalue weighted by molar-refractivity contribution is 8.08. The van der Waals surface area contributed by atoms with Crippen LogP contribution in [0.3, 0.4) is 0 Å². The molecule has 0 bridgehead atoms. The molecular weight excluding hydrogens is 769 g/mol. The fraction of sp³-hybridized carbons (Fsp3) is 0.400. The van der Waals surface area contributed by atoms with E-state index in [0.717, 1.165) is 39.9 Å². The van der Waals surface area contributed by atoms with Crippen molar-refractivity contribution in [3.8, 4) is 11.5 Å². The monoisotopic (exact) mass is 814 g/mol. The summed E-state index contributed by atoms with van der Waals surface area (Å²) in [5, 5.41) is 1.10. The van der Waals surface area contributed by atoms with Gasteiger partial charge in [-0.25, -0.2) is 9.59 Å². The SMILES string of the molecule is CC(COc1cccc(OCC(CSCC2CSCCS2)OC(=O)C=Cc2ccccc2)c1)(OC(=O)C=Cc1ccccc1)SCC1CSCCS1. The molecular formula is C40H46O6S6. The second-order valence-electron chi connectivity index (χ2n) is 12.2. The number of thioether (sulfide) groups is 6. The highest BCUT2D eigenvalue weighted by Crippen LogP contribution is 2.35. The molecule has 0 amide bonds. The van der Waals surface area contributed by atoms with Gasteiger partial charge < -0.3 is 18.9 Å². The Balaban J connectivity index is 1.18. The van der Waals surface area contributed by atoms with Crippen LogP contribution < -0.4 is 9.47 Å². The third-order valence-corrected chi connectivity index (χ3v) is 16.5. The van der Waals surface area contributed by atoms with E-state index in [9.17, 15) is 9.59 Å². The number of esters is 2. The molecule has 3 aromatic carbocycles. The molecule has 12 heteroatoms. The molecule has 2 aliphatic heterocycles. The Morgan fingerprint density at radius 3 is 1.98 bits per heavy atom. The normalized spacial score (nSPS) is 19.5. The van der Waals surface area contributed by atoms with E-state index in [-0.39, 0.29) is 13.2 Å². The summed E-state index contributed by atoms with van der Waals surface area (Å²) in [4.78, 5) is 24.9. The summed E-state index contributed by atoms with van der Waals surface area (Å²) in [6.07, 6.45) is 6.04. The Bertz CT molecular complexity index is 1560. The first-order chi connectivity index (χ1) is 25.4. The third-order valence-electron chi connectivity index (χ3n) is 7.72. The molecule has 0 aromatic heterocycles. The van der Waals surface area contributed by atoms with Crippen LogP contribution in [0.15, 0.2) is 97.1 Å². The molecule has 4 unspecified atom stereocenters. The van der Waals surface area contributed by atoms with Crippen molar-refractivity contribution < 1.29 is 28.5 Å². The Morgan fingerprint density at radius 1 is 0.769 bits per heavy atom. The largest absolute Gasteiger partial charge is 0.490 e. The molecule has 0 saturated carbocycles. The van der Waals surface area contributed by atoms with Gasteiger partial charge in [-0.1, -0.05) is 66.7 Å². The van der Waals surface area contributed by atoms with Crippen molar-refractivity contribution >= 4 is 94.7 Å². The van der Waals surface area contributed by atoms with Gasteiger partial charge in [-0.3, -0.25) is 0 Å². The molecule has 2 fully saturated rings. The van der Waals surface area contributed by atoms with E-state index in [0.29, 0.717) is 27.8 Å². The Kier molecular flexibility index (Phi) is 18.0. The molecule has 2 saturated heterocycles. The van der Waals surface area contributed by atoms with Crippen molar-refractivity contribution in [3.05, 3.63) is 108 Å². The van der Waals surface area contributed by atoms with E-state index in [1.807, 2.05) is 139 Å². The van der Waals surface area contributed by atoms with Gasteiger partial charge in [-0.15, -0.1) is 11.8 Å². The second kappa shape index (κ2) is 22.9. The van der Waals surface area contributed by atoms with Crippen LogP contribution in [0.5, 0.6) is 11.5 Å². The van der Waals surface area contributed by atoms with Crippen LogP contribution in [0.4, 0.5) is 0 Å². The van der Waals surface area contributed by atoms with Gasteiger partial charge in [0.1, 0.15) is 30.8 Å². The van der Waals surface area contributed by atoms with Gasteiger partial charge in [0, 0.05) is 80.5 Å². The molecule has 2 aliphatic rings. The van der Waals surface area contributed by atoms with E-state index in [2.05, 4.69) is 0 Å². The predicted molar refractivity (Wildman–Crippen MR) is 230 cm³/mol. The number of carbonyl (C=O) groups is 2. The maximum absolute atomic E-state index is 13.0. The van der Waals surface area contributed by atoms with E-state index in [1.54, 1.807) is 35.7 Å². The average Bonchev–Trinajstić information content (AvgIpc) is 3.18. The molecule has 4 atom stereocenters. The lowest BCUT2D eigenvalue weighted by atomic mass is 10.2. The van der Waals surface area contributed by atoms with Crippen LogP contribution in [-0.4, -0.2) is 98.5 Å². The fourth-order valence-corrected chi connectivity index (χ4v) is 13.3. The first-order valence-corrected chi connectivity index (χ1v) is 23.8. The van der Waals surface area contributed by atoms with Crippen LogP contribution in [-0.2, 0) is 19.1 Å². The molecule has 0 aliphatic carbocycles. The molecule has 278 valence electrons. The zero-order valence-electron chi connectivity index (χ0n) is 29.3. The minimum absolute atomic E-state index is 0.165. The Morgan fingerprint density at radius 2 is 1.37 bits per heavy atom. The van der Waals surface area contributed by atoms with Gasteiger partial charge in [0.25, 0.3) is 0 Å². The van der Waals surface area contributed by atoms with Crippen LogP contribution in [0.1, 0.15) is 18.1 Å². The molecule has 0 radical (unpaired) electrons. The molecule has 0 N–H and O–H groups in total. The van der Waals surface area contributed by atoms with Crippen molar-refractivity contribution in [2.24, 2.45) is 0 Å². The number of carbonyl (C=O) groups excluding carboxylic acids is 2. The van der Waals surface area contributed by atoms with Gasteiger partial charge in [-0.2, -0.15) is 58.8 Å². The lowest BCUT2D eigenvalue weighted by Gasteiger charge is -2.31. The lowest BCUT2D eigenvalue weighted by Crippen LogP contribution is -2.36. The molecule has 3 aromatic rings. The summed E-state index contributed by atoms with van der Waals surface area (Å²) in [5.41, 5.74) is 1.86. The van der Waals surface area contributed by atoms with E-state index < -0.39 is 23.0 Å². The Labute approximate surface area is 334 Å². The number of hydrogen-bond donors (Lipinski definition) is 0. The number of benzene rings is 3. The summed E-state index contributed by atoms with van der Waals surface area (Å²) in [6, 6.07) is 26.8. The van der Waals surface area contributed by atoms with E-state index in [1.165, 1.54) is 29.4 Å². The molecule has 2 heterocycles. The van der Waals surface area contributed by atoms with Crippen LogP contribution in [0.2, 0.25) is 0 Å². The number of hydrogen-bond acceptors (Lipinski definition) is 12. The van der Waals surface area contributed by atoms with Gasteiger partial charge in [0.2, 0.25) is 0 Å². The Hall–Kier alpha value is -2.22. The first kappa shape index (κ1) is 41.0. The molecule has 52 heavy (non-hydrogen) atoms. The topological polar surface area (TPSA) is 71.1 Å². The molecule has 0 spiro atoms. The molecule has 5 rings (SSSR count). The van der Waals surface area contributed by atoms with Gasteiger partial charge in [0.05, 0.1) is 0 Å². The van der Waals surface area contributed by atoms with Gasteiger partial charge in [0.15, 0.2) is 4.93 Å². The minimum atomic E-state index is -0.906. The van der Waals surface area contributed by atoms with Gasteiger partial charge >= 0.3 is 11.9 Å². The minimum Gasteiger partial charge on any atom is -0.490 e. The summed E-state index contributed by atoms with van der Waals surface area (Å²) < 4.78 is 24.4. The summed E-state index contributed by atoms with van der Waals surface area (Å²) in [7, 11) is 0. The smallest absolute Gasteiger partial charge is 0.332 e. The van der Waals surface area contributed by atoms with Gasteiger partial charge in [-0.05, 0) is 42.3 Å². The van der Waals surface area contributed by atoms with Crippen molar-refractivity contribution in [2.45, 2.75) is 28.5 Å². The molecule has 6 nitrogen and oxygen atoms in total. The summed E-state index contributed by atoms with van der Waals surface area (Å²) in [5.74, 6) is 9.86. The van der Waals surface area contributed by atoms with Crippen LogP contribution in [0, 0.1) is 0 Å². The highest BCUT2D eigenvalue weighted by Gasteiger charge is 2.32. The van der Waals surface area contributed by atoms with Crippen molar-refractivity contribution in [3.63, 3.8) is 0 Å². The highest BCUT2D eigenvalue weighted by atomic mass is 32.2. The lowest BCUT2D eigenvalue weighted by molar-refractivity contribution is -0.146. The van der Waals surface area contributed by atoms with Crippen molar-refractivity contribution in [1.82, 2.24) is 0 Å². The predicted octanol–water partition coefficient (Wildman–Crippen LogP) is 9.21. The number of ether oxygens (including phenoxy) is 4. The average molecular weight is 815 g/mol. The van der Waals surface area contributed by atoms with Crippen molar-refractivity contribution in [2.75, 3.05) is 65.0 Å². The quantitative estimate of drug-likeness (QED) is 0.0659. The maximum atomic E-state index is 13.0. The van der Waals surface area contributed by atoms with Crippen molar-refractivity contribution in [1.29, 1.82) is 0 Å². The van der Waals surface area contributed by atoms with Crippen LogP contribution in [0.25, 0.3) is 12.2 Å². The second-order valence-corrected chi connectivity index (χ2v) is 19.8. The third kappa shape index (κ3) is 15.6.